The molecule has 0 aliphatic rings. The number of nitrogens with zero attached hydrogens (tertiary/aromatic N) is 1. The average molecular weight is 390 g/mol. The SMILES string of the molecule is CCC(C)(C)c1cc(=O)n(-c2cc(S(=O)(=O)O)ccc2S(=O)(=O)O)[nH]1. The molecule has 2 rings (SSSR count). The van der Waals surface area contributed by atoms with E-state index in [1.165, 1.54) is 6.07 Å². The van der Waals surface area contributed by atoms with E-state index in [2.05, 4.69) is 5.10 Å². The Morgan fingerprint density at radius 3 is 2.16 bits per heavy atom. The molecule has 1 heterocycles. The molecule has 0 aliphatic carbocycles. The number of benzene rings is 1. The molecule has 25 heavy (non-hydrogen) atoms. The van der Waals surface area contributed by atoms with Gasteiger partial charge in [0.05, 0.1) is 10.6 Å². The Kier molecular flexibility index (Phi) is 4.72. The van der Waals surface area contributed by atoms with E-state index in [-0.39, 0.29) is 0 Å². The highest BCUT2D eigenvalue weighted by molar-refractivity contribution is 7.86. The highest BCUT2D eigenvalue weighted by Crippen LogP contribution is 2.26. The zero-order chi connectivity index (χ0) is 19.2. The van der Waals surface area contributed by atoms with Crippen molar-refractivity contribution in [2.45, 2.75) is 42.4 Å². The third-order valence-corrected chi connectivity index (χ3v) is 5.83. The Bertz CT molecular complexity index is 1080. The van der Waals surface area contributed by atoms with Crippen molar-refractivity contribution in [1.29, 1.82) is 0 Å². The summed E-state index contributed by atoms with van der Waals surface area (Å²) in [6, 6.07) is 3.66. The molecule has 0 aliphatic heterocycles. The molecule has 138 valence electrons. The number of nitrogens with one attached hydrogen (secondary N) is 1. The molecule has 0 saturated carbocycles. The van der Waals surface area contributed by atoms with Crippen LogP contribution in [0.3, 0.4) is 0 Å². The van der Waals surface area contributed by atoms with Crippen LogP contribution in [0.5, 0.6) is 0 Å². The Balaban J connectivity index is 2.84. The molecule has 1 aromatic heterocycles. The van der Waals surface area contributed by atoms with Crippen LogP contribution in [-0.2, 0) is 25.7 Å². The molecule has 0 saturated heterocycles. The fraction of sp³-hybridized carbons (Fsp3) is 0.357. The average Bonchev–Trinajstić information content (AvgIpc) is 2.87. The van der Waals surface area contributed by atoms with Crippen LogP contribution in [0, 0.1) is 0 Å². The van der Waals surface area contributed by atoms with Crippen LogP contribution in [0.1, 0.15) is 32.9 Å². The molecule has 0 atom stereocenters. The number of hydrogen-bond donors (Lipinski definition) is 3. The van der Waals surface area contributed by atoms with E-state index in [1.54, 1.807) is 0 Å². The lowest BCUT2D eigenvalue weighted by Crippen LogP contribution is -2.19. The van der Waals surface area contributed by atoms with Crippen LogP contribution in [0.25, 0.3) is 5.69 Å². The van der Waals surface area contributed by atoms with Crippen molar-refractivity contribution in [3.63, 3.8) is 0 Å². The van der Waals surface area contributed by atoms with Crippen molar-refractivity contribution in [3.8, 4) is 5.69 Å². The van der Waals surface area contributed by atoms with E-state index in [9.17, 15) is 26.2 Å². The first-order valence-electron chi connectivity index (χ1n) is 7.19. The first kappa shape index (κ1) is 19.4. The molecule has 11 heteroatoms. The van der Waals surface area contributed by atoms with Gasteiger partial charge < -0.3 is 0 Å². The second-order valence-electron chi connectivity index (χ2n) is 6.16. The van der Waals surface area contributed by atoms with Crippen molar-refractivity contribution >= 4 is 20.2 Å². The zero-order valence-corrected chi connectivity index (χ0v) is 15.3. The van der Waals surface area contributed by atoms with E-state index < -0.39 is 46.7 Å². The van der Waals surface area contributed by atoms with E-state index in [4.69, 9.17) is 4.55 Å². The largest absolute Gasteiger partial charge is 0.296 e. The summed E-state index contributed by atoms with van der Waals surface area (Å²) in [6.45, 7) is 5.63. The number of hydrogen-bond acceptors (Lipinski definition) is 5. The van der Waals surface area contributed by atoms with Crippen LogP contribution in [0.2, 0.25) is 0 Å². The maximum atomic E-state index is 12.3. The van der Waals surface area contributed by atoms with Gasteiger partial charge in [-0.3, -0.25) is 19.0 Å². The Morgan fingerprint density at radius 1 is 1.08 bits per heavy atom. The number of aromatic amines is 1. The van der Waals surface area contributed by atoms with Crippen molar-refractivity contribution in [2.75, 3.05) is 0 Å². The van der Waals surface area contributed by atoms with Crippen molar-refractivity contribution < 1.29 is 25.9 Å². The number of rotatable bonds is 5. The Labute approximate surface area is 144 Å². The molecule has 0 fully saturated rings. The van der Waals surface area contributed by atoms with Crippen molar-refractivity contribution in [1.82, 2.24) is 9.78 Å². The molecular formula is C14H18N2O7S2. The van der Waals surface area contributed by atoms with Crippen LogP contribution >= 0.6 is 0 Å². The summed E-state index contributed by atoms with van der Waals surface area (Å²) in [6.07, 6.45) is 0.670. The van der Waals surface area contributed by atoms with Gasteiger partial charge in [-0.15, -0.1) is 0 Å². The lowest BCUT2D eigenvalue weighted by atomic mass is 9.87. The van der Waals surface area contributed by atoms with Gasteiger partial charge >= 0.3 is 0 Å². The maximum Gasteiger partial charge on any atom is 0.296 e. The smallest absolute Gasteiger partial charge is 0.294 e. The van der Waals surface area contributed by atoms with Gasteiger partial charge in [-0.25, -0.2) is 4.68 Å². The predicted molar refractivity (Wildman–Crippen MR) is 89.3 cm³/mol. The minimum atomic E-state index is -4.75. The molecule has 1 aromatic carbocycles. The third-order valence-electron chi connectivity index (χ3n) is 4.08. The van der Waals surface area contributed by atoms with Crippen LogP contribution in [0.4, 0.5) is 0 Å². The Morgan fingerprint density at radius 2 is 1.68 bits per heavy atom. The monoisotopic (exact) mass is 390 g/mol. The first-order valence-corrected chi connectivity index (χ1v) is 10.1. The molecule has 0 radical (unpaired) electrons. The van der Waals surface area contributed by atoms with Crippen LogP contribution < -0.4 is 5.56 Å². The Hall–Kier alpha value is -1.95. The predicted octanol–water partition coefficient (Wildman–Crippen LogP) is 1.35. The minimum Gasteiger partial charge on any atom is -0.294 e. The fourth-order valence-corrected chi connectivity index (χ4v) is 3.32. The van der Waals surface area contributed by atoms with Gasteiger partial charge in [0.1, 0.15) is 4.90 Å². The maximum absolute atomic E-state index is 12.3. The van der Waals surface area contributed by atoms with Gasteiger partial charge in [-0.1, -0.05) is 20.8 Å². The summed E-state index contributed by atoms with van der Waals surface area (Å²) >= 11 is 0. The lowest BCUT2D eigenvalue weighted by Gasteiger charge is -2.20. The van der Waals surface area contributed by atoms with Gasteiger partial charge in [0.25, 0.3) is 25.8 Å². The van der Waals surface area contributed by atoms with E-state index in [0.717, 1.165) is 22.9 Å². The van der Waals surface area contributed by atoms with Crippen molar-refractivity contribution in [3.05, 3.63) is 40.3 Å². The molecular weight excluding hydrogens is 372 g/mol. The van der Waals surface area contributed by atoms with Gasteiger partial charge in [-0.2, -0.15) is 16.8 Å². The standard InChI is InChI=1S/C14H18N2O7S2/c1-4-14(2,3)12-8-13(17)16(15-12)10-7-9(24(18,19)20)5-6-11(10)25(21,22)23/h5-8,15H,4H2,1-3H3,(H,18,19,20)(H,21,22,23). The number of H-pyrrole nitrogens is 1. The van der Waals surface area contributed by atoms with Gasteiger partial charge in [0.15, 0.2) is 0 Å². The molecule has 0 spiro atoms. The second-order valence-corrected chi connectivity index (χ2v) is 8.97. The third kappa shape index (κ3) is 3.84. The normalized spacial score (nSPS) is 13.2. The summed E-state index contributed by atoms with van der Waals surface area (Å²) < 4.78 is 65.1. The minimum absolute atomic E-state index is 0.416. The number of aromatic nitrogens is 2. The molecule has 9 nitrogen and oxygen atoms in total. The summed E-state index contributed by atoms with van der Waals surface area (Å²) in [5.74, 6) is 0. The van der Waals surface area contributed by atoms with Crippen LogP contribution in [-0.4, -0.2) is 35.7 Å². The topological polar surface area (TPSA) is 147 Å². The van der Waals surface area contributed by atoms with E-state index in [0.29, 0.717) is 12.1 Å². The second kappa shape index (κ2) is 6.09. The highest BCUT2D eigenvalue weighted by atomic mass is 32.2. The molecule has 0 bridgehead atoms. The zero-order valence-electron chi connectivity index (χ0n) is 13.7. The fourth-order valence-electron chi connectivity index (χ4n) is 2.16. The summed E-state index contributed by atoms with van der Waals surface area (Å²) in [5.41, 5.74) is -0.989. The van der Waals surface area contributed by atoms with E-state index >= 15 is 0 Å². The quantitative estimate of drug-likeness (QED) is 0.653. The summed E-state index contributed by atoms with van der Waals surface area (Å²) in [4.78, 5) is 11.0. The van der Waals surface area contributed by atoms with Crippen LogP contribution in [0.15, 0.2) is 38.9 Å². The molecule has 3 N–H and O–H groups in total. The van der Waals surface area contributed by atoms with Crippen molar-refractivity contribution in [2.24, 2.45) is 0 Å². The van der Waals surface area contributed by atoms with Gasteiger partial charge in [-0.05, 0) is 24.6 Å². The summed E-state index contributed by atoms with van der Waals surface area (Å²) in [7, 11) is -9.39. The van der Waals surface area contributed by atoms with Gasteiger partial charge in [0.2, 0.25) is 0 Å². The van der Waals surface area contributed by atoms with Gasteiger partial charge in [0, 0.05) is 17.2 Å². The molecule has 0 amide bonds. The lowest BCUT2D eigenvalue weighted by molar-refractivity contribution is 0.476. The summed E-state index contributed by atoms with van der Waals surface area (Å²) in [5, 5.41) is 2.73. The first-order chi connectivity index (χ1) is 11.3. The van der Waals surface area contributed by atoms with E-state index in [1.807, 2.05) is 20.8 Å². The molecule has 2 aromatic rings. The molecule has 0 unspecified atom stereocenters. The highest BCUT2D eigenvalue weighted by Gasteiger charge is 2.25.